The van der Waals surface area contributed by atoms with Gasteiger partial charge in [-0.1, -0.05) is 29.8 Å². The van der Waals surface area contributed by atoms with E-state index in [0.717, 1.165) is 18.0 Å². The van der Waals surface area contributed by atoms with Crippen LogP contribution in [0, 0.1) is 0 Å². The molecular formula is C15H14ClF3N2O. The number of para-hydroxylation sites is 1. The van der Waals surface area contributed by atoms with Crippen molar-refractivity contribution in [1.29, 1.82) is 0 Å². The van der Waals surface area contributed by atoms with Crippen LogP contribution in [0.5, 0.6) is 5.75 Å². The van der Waals surface area contributed by atoms with Crippen molar-refractivity contribution in [2.45, 2.75) is 6.18 Å². The first kappa shape index (κ1) is 16.4. The fourth-order valence-electron chi connectivity index (χ4n) is 1.79. The molecule has 0 bridgehead atoms. The summed E-state index contributed by atoms with van der Waals surface area (Å²) in [5.41, 5.74) is -0.866. The molecule has 3 nitrogen and oxygen atoms in total. The molecule has 0 saturated carbocycles. The van der Waals surface area contributed by atoms with E-state index in [2.05, 4.69) is 4.98 Å². The monoisotopic (exact) mass is 330 g/mol. The van der Waals surface area contributed by atoms with Gasteiger partial charge in [0.1, 0.15) is 18.2 Å². The Labute approximate surface area is 131 Å². The van der Waals surface area contributed by atoms with Crippen LogP contribution in [0.4, 0.5) is 19.0 Å². The lowest BCUT2D eigenvalue weighted by atomic mass is 10.2. The van der Waals surface area contributed by atoms with Crippen LogP contribution in [0.2, 0.25) is 5.02 Å². The summed E-state index contributed by atoms with van der Waals surface area (Å²) in [6, 6.07) is 10.1. The molecule has 0 unspecified atom stereocenters. The van der Waals surface area contributed by atoms with Crippen LogP contribution in [-0.4, -0.2) is 25.2 Å². The minimum atomic E-state index is -4.45. The highest BCUT2D eigenvalue weighted by Crippen LogP contribution is 2.33. The van der Waals surface area contributed by atoms with E-state index in [1.165, 1.54) is 0 Å². The zero-order valence-electron chi connectivity index (χ0n) is 11.8. The first-order valence-electron chi connectivity index (χ1n) is 6.49. The van der Waals surface area contributed by atoms with Gasteiger partial charge in [-0.15, -0.1) is 0 Å². The number of pyridine rings is 1. The number of rotatable bonds is 5. The molecule has 22 heavy (non-hydrogen) atoms. The average molecular weight is 331 g/mol. The number of likely N-dealkylation sites (N-methyl/N-ethyl adjacent to an activating group) is 1. The predicted octanol–water partition coefficient (Wildman–Crippen LogP) is 4.27. The van der Waals surface area contributed by atoms with E-state index < -0.39 is 11.7 Å². The lowest BCUT2D eigenvalue weighted by molar-refractivity contribution is -0.137. The lowest BCUT2D eigenvalue weighted by Gasteiger charge is -2.20. The lowest BCUT2D eigenvalue weighted by Crippen LogP contribution is -2.25. The molecule has 0 aliphatic carbocycles. The van der Waals surface area contributed by atoms with Crippen molar-refractivity contribution in [1.82, 2.24) is 4.98 Å². The molecule has 0 fully saturated rings. The maximum atomic E-state index is 12.6. The number of benzene rings is 1. The predicted molar refractivity (Wildman–Crippen MR) is 79.5 cm³/mol. The highest BCUT2D eigenvalue weighted by atomic mass is 35.5. The van der Waals surface area contributed by atoms with Crippen LogP contribution in [0.1, 0.15) is 5.56 Å². The van der Waals surface area contributed by atoms with Gasteiger partial charge in [-0.2, -0.15) is 13.2 Å². The summed E-state index contributed by atoms with van der Waals surface area (Å²) in [4.78, 5) is 5.43. The quantitative estimate of drug-likeness (QED) is 0.818. The number of ether oxygens (including phenoxy) is 1. The number of hydrogen-bond donors (Lipinski definition) is 0. The third-order valence-electron chi connectivity index (χ3n) is 2.95. The van der Waals surface area contributed by atoms with E-state index in [-0.39, 0.29) is 10.8 Å². The molecule has 0 radical (unpaired) electrons. The molecule has 0 aliphatic rings. The first-order valence-corrected chi connectivity index (χ1v) is 6.87. The van der Waals surface area contributed by atoms with E-state index >= 15 is 0 Å². The highest BCUT2D eigenvalue weighted by Gasteiger charge is 2.31. The van der Waals surface area contributed by atoms with Gasteiger partial charge in [-0.3, -0.25) is 0 Å². The molecule has 2 aromatic rings. The molecule has 0 atom stereocenters. The Bertz CT molecular complexity index is 620. The molecule has 7 heteroatoms. The number of halogens is 4. The van der Waals surface area contributed by atoms with Crippen LogP contribution < -0.4 is 9.64 Å². The van der Waals surface area contributed by atoms with E-state index in [4.69, 9.17) is 16.3 Å². The summed E-state index contributed by atoms with van der Waals surface area (Å²) >= 11 is 5.88. The van der Waals surface area contributed by atoms with E-state index in [1.807, 2.05) is 30.3 Å². The van der Waals surface area contributed by atoms with Crippen LogP contribution in [0.15, 0.2) is 42.6 Å². The van der Waals surface area contributed by atoms with Crippen molar-refractivity contribution in [3.8, 4) is 5.75 Å². The second-order valence-electron chi connectivity index (χ2n) is 4.61. The third kappa shape index (κ3) is 4.27. The Hall–Kier alpha value is -1.95. The zero-order valence-corrected chi connectivity index (χ0v) is 12.5. The Morgan fingerprint density at radius 3 is 2.50 bits per heavy atom. The number of nitrogens with zero attached hydrogens (tertiary/aromatic N) is 2. The summed E-state index contributed by atoms with van der Waals surface area (Å²) in [5.74, 6) is 1.01. The van der Waals surface area contributed by atoms with Gasteiger partial charge in [-0.25, -0.2) is 4.98 Å². The molecule has 1 aromatic heterocycles. The van der Waals surface area contributed by atoms with Crippen LogP contribution in [0.3, 0.4) is 0 Å². The third-order valence-corrected chi connectivity index (χ3v) is 3.23. The summed E-state index contributed by atoms with van der Waals surface area (Å²) in [7, 11) is 1.69. The number of alkyl halides is 3. The second-order valence-corrected chi connectivity index (χ2v) is 5.02. The fourth-order valence-corrected chi connectivity index (χ4v) is 2.10. The molecule has 118 valence electrons. The molecule has 2 rings (SSSR count). The molecule has 1 heterocycles. The second kappa shape index (κ2) is 6.87. The van der Waals surface area contributed by atoms with Crippen molar-refractivity contribution in [3.05, 3.63) is 53.2 Å². The standard InChI is InChI=1S/C15H14ClF3N2O/c1-21(7-8-22-12-5-3-2-4-6-12)14-13(16)9-11(10-20-14)15(17,18)19/h2-6,9-10H,7-8H2,1H3. The molecule has 1 aromatic carbocycles. The molecule has 0 spiro atoms. The molecule has 0 aliphatic heterocycles. The largest absolute Gasteiger partial charge is 0.492 e. The van der Waals surface area contributed by atoms with Gasteiger partial charge < -0.3 is 9.64 Å². The van der Waals surface area contributed by atoms with Crippen molar-refractivity contribution in [2.75, 3.05) is 25.1 Å². The van der Waals surface area contributed by atoms with Crippen molar-refractivity contribution in [2.24, 2.45) is 0 Å². The maximum absolute atomic E-state index is 12.6. The number of anilines is 1. The van der Waals surface area contributed by atoms with Crippen molar-refractivity contribution >= 4 is 17.4 Å². The van der Waals surface area contributed by atoms with Gasteiger partial charge in [0.05, 0.1) is 17.1 Å². The summed E-state index contributed by atoms with van der Waals surface area (Å²) < 4.78 is 43.2. The van der Waals surface area contributed by atoms with Crippen molar-refractivity contribution < 1.29 is 17.9 Å². The highest BCUT2D eigenvalue weighted by molar-refractivity contribution is 6.33. The average Bonchev–Trinajstić information content (AvgIpc) is 2.47. The van der Waals surface area contributed by atoms with Gasteiger partial charge in [0.15, 0.2) is 0 Å². The Morgan fingerprint density at radius 1 is 1.23 bits per heavy atom. The van der Waals surface area contributed by atoms with Gasteiger partial charge >= 0.3 is 6.18 Å². The van der Waals surface area contributed by atoms with Gasteiger partial charge in [0.2, 0.25) is 0 Å². The van der Waals surface area contributed by atoms with Crippen LogP contribution in [-0.2, 0) is 6.18 Å². The van der Waals surface area contributed by atoms with Gasteiger partial charge in [0.25, 0.3) is 0 Å². The minimum Gasteiger partial charge on any atom is -0.492 e. The Balaban J connectivity index is 1.96. The van der Waals surface area contributed by atoms with Crippen LogP contribution >= 0.6 is 11.6 Å². The van der Waals surface area contributed by atoms with E-state index in [1.54, 1.807) is 11.9 Å². The number of aromatic nitrogens is 1. The molecular weight excluding hydrogens is 317 g/mol. The summed E-state index contributed by atoms with van der Waals surface area (Å²) in [6.45, 7) is 0.798. The number of hydrogen-bond acceptors (Lipinski definition) is 3. The molecule has 0 saturated heterocycles. The summed E-state index contributed by atoms with van der Waals surface area (Å²) in [6.07, 6.45) is -3.68. The van der Waals surface area contributed by atoms with Crippen LogP contribution in [0.25, 0.3) is 0 Å². The smallest absolute Gasteiger partial charge is 0.417 e. The van der Waals surface area contributed by atoms with E-state index in [0.29, 0.717) is 13.2 Å². The Morgan fingerprint density at radius 2 is 1.91 bits per heavy atom. The first-order chi connectivity index (χ1) is 10.4. The van der Waals surface area contributed by atoms with E-state index in [9.17, 15) is 13.2 Å². The van der Waals surface area contributed by atoms with Crippen molar-refractivity contribution in [3.63, 3.8) is 0 Å². The molecule has 0 amide bonds. The molecule has 0 N–H and O–H groups in total. The topological polar surface area (TPSA) is 25.4 Å². The summed E-state index contributed by atoms with van der Waals surface area (Å²) in [5, 5.41) is -0.0444. The van der Waals surface area contributed by atoms with Gasteiger partial charge in [0, 0.05) is 13.2 Å². The minimum absolute atomic E-state index is 0.0444. The normalized spacial score (nSPS) is 11.3. The SMILES string of the molecule is CN(CCOc1ccccc1)c1ncc(C(F)(F)F)cc1Cl. The maximum Gasteiger partial charge on any atom is 0.417 e. The Kier molecular flexibility index (Phi) is 5.13. The fraction of sp³-hybridized carbons (Fsp3) is 0.267. The van der Waals surface area contributed by atoms with Gasteiger partial charge in [-0.05, 0) is 18.2 Å². The zero-order chi connectivity index (χ0) is 16.2.